The van der Waals surface area contributed by atoms with Gasteiger partial charge in [-0.25, -0.2) is 9.18 Å². The maximum Gasteiger partial charge on any atom is 0.416 e. The summed E-state index contributed by atoms with van der Waals surface area (Å²) in [6, 6.07) is 12.6. The fourth-order valence-corrected chi connectivity index (χ4v) is 3.96. The lowest BCUT2D eigenvalue weighted by Gasteiger charge is -2.17. The Balaban J connectivity index is 1.23. The van der Waals surface area contributed by atoms with E-state index in [4.69, 9.17) is 10.5 Å². The van der Waals surface area contributed by atoms with E-state index in [0.717, 1.165) is 17.7 Å². The number of hydrogen-bond acceptors (Lipinski definition) is 4. The summed E-state index contributed by atoms with van der Waals surface area (Å²) >= 11 is 0. The standard InChI is InChI=1S/C26H24F4N4O2/c27-20-9-4-7-17(12-20)22-13-21-18(15-32-23(21)24(31)34-22)6-1-2-10-36-25(35)33-14-16-5-3-8-19(11-16)26(28,29)30/h3-5,7-9,11-13,15,18H,1-2,6,10,14H2,(H3,31,33,34,35)/p-1. The van der Waals surface area contributed by atoms with Gasteiger partial charge in [-0.3, -0.25) is 4.99 Å². The van der Waals surface area contributed by atoms with Crippen LogP contribution in [0.1, 0.15) is 41.9 Å². The number of fused-ring (bicyclic) bond motifs is 1. The highest BCUT2D eigenvalue weighted by atomic mass is 19.4. The van der Waals surface area contributed by atoms with Crippen molar-refractivity contribution in [3.8, 4) is 11.3 Å². The number of nitrogens with one attached hydrogen (secondary N) is 2. The molecular weight excluding hydrogens is 476 g/mol. The minimum absolute atomic E-state index is 0.0332. The smallest absolute Gasteiger partial charge is 0.416 e. The number of nitrogens with zero attached hydrogens (tertiary/aromatic N) is 2. The van der Waals surface area contributed by atoms with Crippen molar-refractivity contribution in [1.29, 1.82) is 0 Å². The van der Waals surface area contributed by atoms with E-state index >= 15 is 0 Å². The van der Waals surface area contributed by atoms with Crippen molar-refractivity contribution in [2.75, 3.05) is 6.61 Å². The van der Waals surface area contributed by atoms with Gasteiger partial charge in [0, 0.05) is 18.7 Å². The number of pyridine rings is 1. The van der Waals surface area contributed by atoms with Gasteiger partial charge in [-0.05, 0) is 71.7 Å². The minimum Gasteiger partial charge on any atom is -0.480 e. The number of hydrogen-bond donors (Lipinski definition) is 1. The van der Waals surface area contributed by atoms with Gasteiger partial charge in [0.25, 0.3) is 0 Å². The molecule has 3 aromatic rings. The molecule has 2 heterocycles. The molecule has 0 saturated heterocycles. The van der Waals surface area contributed by atoms with Gasteiger partial charge >= 0.3 is 12.3 Å². The van der Waals surface area contributed by atoms with Crippen molar-refractivity contribution in [2.24, 2.45) is 4.99 Å². The van der Waals surface area contributed by atoms with Crippen molar-refractivity contribution in [2.45, 2.75) is 37.9 Å². The Morgan fingerprint density at radius 1 is 1.08 bits per heavy atom. The molecule has 1 aromatic heterocycles. The van der Waals surface area contributed by atoms with Crippen LogP contribution in [-0.2, 0) is 17.5 Å². The normalized spacial score (nSPS) is 14.5. The van der Waals surface area contributed by atoms with Crippen LogP contribution in [0, 0.1) is 5.82 Å². The number of alkyl carbamates (subject to hydrolysis) is 1. The number of aromatic nitrogens is 1. The Labute approximate surface area is 205 Å². The van der Waals surface area contributed by atoms with Gasteiger partial charge in [0.2, 0.25) is 0 Å². The molecular formula is C26H23F4N4O2-. The first-order valence-electron chi connectivity index (χ1n) is 11.3. The second-order valence-electron chi connectivity index (χ2n) is 8.37. The molecule has 2 aromatic carbocycles. The van der Waals surface area contributed by atoms with E-state index in [1.54, 1.807) is 18.3 Å². The lowest BCUT2D eigenvalue weighted by molar-refractivity contribution is -0.137. The number of benzene rings is 2. The maximum absolute atomic E-state index is 13.6. The predicted molar refractivity (Wildman–Crippen MR) is 128 cm³/mol. The number of rotatable bonds is 8. The number of alkyl halides is 3. The van der Waals surface area contributed by atoms with Crippen LogP contribution in [0.25, 0.3) is 17.0 Å². The maximum atomic E-state index is 13.6. The molecule has 0 fully saturated rings. The van der Waals surface area contributed by atoms with Gasteiger partial charge in [-0.1, -0.05) is 30.3 Å². The first-order chi connectivity index (χ1) is 17.2. The van der Waals surface area contributed by atoms with Crippen molar-refractivity contribution in [3.05, 3.63) is 82.8 Å². The number of unbranched alkanes of at least 4 members (excludes halogenated alkanes) is 1. The van der Waals surface area contributed by atoms with E-state index < -0.39 is 17.8 Å². The average molecular weight is 499 g/mol. The fourth-order valence-electron chi connectivity index (χ4n) is 3.96. The van der Waals surface area contributed by atoms with Crippen LogP contribution in [0.5, 0.6) is 0 Å². The molecule has 1 atom stereocenters. The second-order valence-corrected chi connectivity index (χ2v) is 8.37. The molecule has 0 radical (unpaired) electrons. The average Bonchev–Trinajstić information content (AvgIpc) is 3.26. The second kappa shape index (κ2) is 10.8. The quantitative estimate of drug-likeness (QED) is 0.257. The molecule has 0 spiro atoms. The summed E-state index contributed by atoms with van der Waals surface area (Å²) in [7, 11) is 0. The first kappa shape index (κ1) is 25.2. The summed E-state index contributed by atoms with van der Waals surface area (Å²) < 4.78 is 57.1. The molecule has 36 heavy (non-hydrogen) atoms. The SMILES string of the molecule is [NH-]c1nc(-c2cccc(F)c2)cc2c1N=CC2CCCCOC(=O)NCc1cccc(C(F)(F)F)c1. The van der Waals surface area contributed by atoms with Gasteiger partial charge in [0.15, 0.2) is 0 Å². The summed E-state index contributed by atoms with van der Waals surface area (Å²) in [5.41, 5.74) is 10.2. The van der Waals surface area contributed by atoms with E-state index in [1.165, 1.54) is 24.3 Å². The largest absolute Gasteiger partial charge is 0.480 e. The summed E-state index contributed by atoms with van der Waals surface area (Å²) in [4.78, 5) is 20.4. The highest BCUT2D eigenvalue weighted by molar-refractivity contribution is 5.87. The molecule has 1 aliphatic rings. The summed E-state index contributed by atoms with van der Waals surface area (Å²) in [5, 5.41) is 2.45. The number of amides is 1. The van der Waals surface area contributed by atoms with E-state index in [0.29, 0.717) is 41.8 Å². The van der Waals surface area contributed by atoms with Gasteiger partial charge in [0.05, 0.1) is 17.9 Å². The zero-order valence-corrected chi connectivity index (χ0v) is 19.1. The van der Waals surface area contributed by atoms with Crippen molar-refractivity contribution in [3.63, 3.8) is 0 Å². The molecule has 0 saturated carbocycles. The van der Waals surface area contributed by atoms with E-state index in [2.05, 4.69) is 15.3 Å². The Morgan fingerprint density at radius 2 is 1.89 bits per heavy atom. The van der Waals surface area contributed by atoms with Crippen LogP contribution < -0.4 is 5.32 Å². The van der Waals surface area contributed by atoms with Crippen LogP contribution in [0.15, 0.2) is 59.6 Å². The third kappa shape index (κ3) is 6.18. The summed E-state index contributed by atoms with van der Waals surface area (Å²) in [6.45, 7) is 0.0783. The van der Waals surface area contributed by atoms with Crippen LogP contribution >= 0.6 is 0 Å². The molecule has 2 N–H and O–H groups in total. The Bertz CT molecular complexity index is 1280. The number of carbonyl (C=O) groups is 1. The Hall–Kier alpha value is -3.95. The monoisotopic (exact) mass is 499 g/mol. The summed E-state index contributed by atoms with van der Waals surface area (Å²) in [5.74, 6) is -0.381. The van der Waals surface area contributed by atoms with Gasteiger partial charge < -0.3 is 20.8 Å². The predicted octanol–water partition coefficient (Wildman–Crippen LogP) is 7.49. The lowest BCUT2D eigenvalue weighted by Crippen LogP contribution is -2.24. The van der Waals surface area contributed by atoms with Crippen LogP contribution in [0.4, 0.5) is 33.9 Å². The number of halogens is 4. The molecule has 6 nitrogen and oxygen atoms in total. The van der Waals surface area contributed by atoms with E-state index in [-0.39, 0.29) is 30.7 Å². The number of carbonyl (C=O) groups excluding carboxylic acids is 1. The highest BCUT2D eigenvalue weighted by Crippen LogP contribution is 2.42. The topological polar surface area (TPSA) is 87.4 Å². The zero-order chi connectivity index (χ0) is 25.7. The van der Waals surface area contributed by atoms with Crippen molar-refractivity contribution in [1.82, 2.24) is 10.3 Å². The molecule has 0 aliphatic carbocycles. The Morgan fingerprint density at radius 3 is 2.67 bits per heavy atom. The molecule has 0 bridgehead atoms. The van der Waals surface area contributed by atoms with E-state index in [9.17, 15) is 22.4 Å². The zero-order valence-electron chi connectivity index (χ0n) is 19.1. The van der Waals surface area contributed by atoms with Gasteiger partial charge in [-0.15, -0.1) is 0 Å². The van der Waals surface area contributed by atoms with E-state index in [1.807, 2.05) is 6.07 Å². The van der Waals surface area contributed by atoms with Crippen LogP contribution in [0.2, 0.25) is 0 Å². The van der Waals surface area contributed by atoms with Gasteiger partial charge in [0.1, 0.15) is 5.82 Å². The van der Waals surface area contributed by atoms with Crippen molar-refractivity contribution >= 4 is 23.8 Å². The summed E-state index contributed by atoms with van der Waals surface area (Å²) in [6.07, 6.45) is -1.39. The minimum atomic E-state index is -4.44. The Kier molecular flexibility index (Phi) is 7.52. The molecule has 10 heteroatoms. The fraction of sp³-hybridized carbons (Fsp3) is 0.269. The number of ether oxygens (including phenoxy) is 1. The molecule has 188 valence electrons. The third-order valence-electron chi connectivity index (χ3n) is 5.76. The number of aliphatic imine (C=N–C) groups is 1. The van der Waals surface area contributed by atoms with Crippen molar-refractivity contribution < 1.29 is 27.1 Å². The lowest BCUT2D eigenvalue weighted by atomic mass is 9.94. The highest BCUT2D eigenvalue weighted by Gasteiger charge is 2.30. The third-order valence-corrected chi connectivity index (χ3v) is 5.76. The van der Waals surface area contributed by atoms with Gasteiger partial charge in [-0.2, -0.15) is 13.2 Å². The van der Waals surface area contributed by atoms with Crippen LogP contribution in [0.3, 0.4) is 0 Å². The first-order valence-corrected chi connectivity index (χ1v) is 11.3. The molecule has 1 aliphatic heterocycles. The molecule has 1 amide bonds. The van der Waals surface area contributed by atoms with Crippen LogP contribution in [-0.4, -0.2) is 23.9 Å². The molecule has 4 rings (SSSR count). The molecule has 1 unspecified atom stereocenters.